The van der Waals surface area contributed by atoms with E-state index in [0.29, 0.717) is 29.3 Å². The lowest BCUT2D eigenvalue weighted by Crippen LogP contribution is -2.54. The first kappa shape index (κ1) is 17.2. The van der Waals surface area contributed by atoms with E-state index >= 15 is 0 Å². The van der Waals surface area contributed by atoms with Crippen molar-refractivity contribution in [2.24, 2.45) is 5.92 Å². The fourth-order valence-corrected chi connectivity index (χ4v) is 4.51. The Morgan fingerprint density at radius 1 is 1.29 bits per heavy atom. The molecule has 0 bridgehead atoms. The number of nitrogens with one attached hydrogen (secondary N) is 2. The highest BCUT2D eigenvalue weighted by molar-refractivity contribution is 8.02. The Morgan fingerprint density at radius 3 is 2.50 bits per heavy atom. The minimum absolute atomic E-state index is 0.139. The molecule has 3 rings (SSSR count). The summed E-state index contributed by atoms with van der Waals surface area (Å²) >= 11 is 1.23. The summed E-state index contributed by atoms with van der Waals surface area (Å²) in [6.45, 7) is 4.92. The average Bonchev–Trinajstić information content (AvgIpc) is 3.10. The highest BCUT2D eigenvalue weighted by Crippen LogP contribution is 2.42. The van der Waals surface area contributed by atoms with Gasteiger partial charge in [0.25, 0.3) is 0 Å². The van der Waals surface area contributed by atoms with Crippen LogP contribution in [0.5, 0.6) is 0 Å². The van der Waals surface area contributed by atoms with Gasteiger partial charge in [-0.05, 0) is 18.8 Å². The maximum atomic E-state index is 12.7. The van der Waals surface area contributed by atoms with Crippen molar-refractivity contribution >= 4 is 29.2 Å². The number of carbonyl (C=O) groups excluding carboxylic acids is 3. The highest BCUT2D eigenvalue weighted by Gasteiger charge is 2.58. The Morgan fingerprint density at radius 2 is 1.92 bits per heavy atom. The minimum atomic E-state index is -1.32. The summed E-state index contributed by atoms with van der Waals surface area (Å²) < 4.78 is 0. The molecule has 6 heteroatoms. The van der Waals surface area contributed by atoms with Crippen molar-refractivity contribution < 1.29 is 14.4 Å². The largest absolute Gasteiger partial charge is 0.355 e. The van der Waals surface area contributed by atoms with Gasteiger partial charge in [-0.1, -0.05) is 38.1 Å². The van der Waals surface area contributed by atoms with Crippen molar-refractivity contribution in [2.45, 2.75) is 37.6 Å². The number of thioether (sulfide) groups is 1. The van der Waals surface area contributed by atoms with Crippen LogP contribution in [0, 0.1) is 5.92 Å². The van der Waals surface area contributed by atoms with Crippen molar-refractivity contribution in [2.75, 3.05) is 12.3 Å². The molecule has 0 radical (unpaired) electrons. The van der Waals surface area contributed by atoms with Crippen LogP contribution in [0.3, 0.4) is 0 Å². The van der Waals surface area contributed by atoms with Crippen LogP contribution in [0.4, 0.5) is 0 Å². The molecule has 1 heterocycles. The molecule has 1 aliphatic heterocycles. The second-order valence-electron chi connectivity index (χ2n) is 6.72. The molecule has 24 heavy (non-hydrogen) atoms. The second-order valence-corrected chi connectivity index (χ2v) is 7.95. The van der Waals surface area contributed by atoms with E-state index in [-0.39, 0.29) is 17.5 Å². The summed E-state index contributed by atoms with van der Waals surface area (Å²) in [5.74, 6) is 0.422. The predicted molar refractivity (Wildman–Crippen MR) is 94.3 cm³/mol. The standard InChI is InChI=1S/C18H22N2O3S/c1-11(2)6-5-9-19-17(23)14-10-24-18(20-14)15(21)12-7-3-4-8-13(12)16(18)22/h3-4,7-8,11,14,20H,5-6,9-10H2,1-2H3,(H,19,23). The number of Topliss-reactive ketones (excluding diaryl/α,β-unsaturated/α-hetero) is 2. The van der Waals surface area contributed by atoms with Crippen LogP contribution in [0.25, 0.3) is 0 Å². The second kappa shape index (κ2) is 6.69. The third-order valence-electron chi connectivity index (χ3n) is 4.47. The van der Waals surface area contributed by atoms with Crippen molar-refractivity contribution in [1.82, 2.24) is 10.6 Å². The number of fused-ring (bicyclic) bond motifs is 1. The number of hydrogen-bond donors (Lipinski definition) is 2. The number of benzene rings is 1. The lowest BCUT2D eigenvalue weighted by atomic mass is 10.1. The predicted octanol–water partition coefficient (Wildman–Crippen LogP) is 2.02. The SMILES string of the molecule is CC(C)CCCNC(=O)C1CSC2(N1)C(=O)c1ccccc1C2=O. The maximum absolute atomic E-state index is 12.7. The number of amides is 1. The van der Waals surface area contributed by atoms with E-state index in [0.717, 1.165) is 12.8 Å². The van der Waals surface area contributed by atoms with E-state index < -0.39 is 10.9 Å². The summed E-state index contributed by atoms with van der Waals surface area (Å²) in [6, 6.07) is 6.33. The van der Waals surface area contributed by atoms with Crippen molar-refractivity contribution in [1.29, 1.82) is 0 Å². The summed E-state index contributed by atoms with van der Waals surface area (Å²) in [5.41, 5.74) is 0.890. The normalized spacial score (nSPS) is 21.5. The van der Waals surface area contributed by atoms with Crippen LogP contribution in [0.1, 0.15) is 47.4 Å². The van der Waals surface area contributed by atoms with Crippen molar-refractivity contribution in [3.05, 3.63) is 35.4 Å². The van der Waals surface area contributed by atoms with E-state index in [9.17, 15) is 14.4 Å². The highest BCUT2D eigenvalue weighted by atomic mass is 32.2. The molecule has 1 aliphatic carbocycles. The zero-order chi connectivity index (χ0) is 17.3. The zero-order valence-corrected chi connectivity index (χ0v) is 14.7. The number of rotatable bonds is 5. The maximum Gasteiger partial charge on any atom is 0.238 e. The van der Waals surface area contributed by atoms with Crippen LogP contribution >= 0.6 is 11.8 Å². The number of carbonyl (C=O) groups is 3. The molecule has 1 aromatic carbocycles. The molecule has 5 nitrogen and oxygen atoms in total. The molecule has 0 aromatic heterocycles. The Kier molecular flexibility index (Phi) is 4.78. The van der Waals surface area contributed by atoms with E-state index in [1.54, 1.807) is 24.3 Å². The third kappa shape index (κ3) is 2.89. The molecule has 128 valence electrons. The topological polar surface area (TPSA) is 75.3 Å². The van der Waals surface area contributed by atoms with Crippen LogP contribution < -0.4 is 10.6 Å². The quantitative estimate of drug-likeness (QED) is 0.630. The van der Waals surface area contributed by atoms with Gasteiger partial charge in [-0.15, -0.1) is 11.8 Å². The third-order valence-corrected chi connectivity index (χ3v) is 5.90. The monoisotopic (exact) mass is 346 g/mol. The zero-order valence-electron chi connectivity index (χ0n) is 13.9. The smallest absolute Gasteiger partial charge is 0.238 e. The van der Waals surface area contributed by atoms with Gasteiger partial charge in [0.15, 0.2) is 4.87 Å². The number of hydrogen-bond acceptors (Lipinski definition) is 5. The molecule has 2 aliphatic rings. The van der Waals surface area contributed by atoms with E-state index in [4.69, 9.17) is 0 Å². The molecule has 1 saturated heterocycles. The van der Waals surface area contributed by atoms with Crippen LogP contribution in [0.2, 0.25) is 0 Å². The molecule has 1 amide bonds. The fraction of sp³-hybridized carbons (Fsp3) is 0.500. The molecular formula is C18H22N2O3S. The Bertz CT molecular complexity index is 652. The average molecular weight is 346 g/mol. The molecule has 1 atom stereocenters. The van der Waals surface area contributed by atoms with Crippen molar-refractivity contribution in [3.63, 3.8) is 0 Å². The van der Waals surface area contributed by atoms with Gasteiger partial charge in [0, 0.05) is 23.4 Å². The summed E-state index contributed by atoms with van der Waals surface area (Å²) in [4.78, 5) is 36.4. The van der Waals surface area contributed by atoms with Gasteiger partial charge < -0.3 is 5.32 Å². The van der Waals surface area contributed by atoms with Gasteiger partial charge >= 0.3 is 0 Å². The Balaban J connectivity index is 1.64. The molecule has 0 saturated carbocycles. The molecular weight excluding hydrogens is 324 g/mol. The Hall–Kier alpha value is -1.66. The van der Waals surface area contributed by atoms with E-state index in [1.165, 1.54) is 11.8 Å². The van der Waals surface area contributed by atoms with Gasteiger partial charge in [-0.2, -0.15) is 0 Å². The summed E-state index contributed by atoms with van der Waals surface area (Å²) in [7, 11) is 0. The molecule has 1 spiro atoms. The molecule has 1 fully saturated rings. The van der Waals surface area contributed by atoms with Gasteiger partial charge in [0.1, 0.15) is 0 Å². The van der Waals surface area contributed by atoms with Crippen molar-refractivity contribution in [3.8, 4) is 0 Å². The first-order valence-electron chi connectivity index (χ1n) is 8.33. The minimum Gasteiger partial charge on any atom is -0.355 e. The molecule has 2 N–H and O–H groups in total. The van der Waals surface area contributed by atoms with Crippen LogP contribution in [-0.2, 0) is 4.79 Å². The van der Waals surface area contributed by atoms with Gasteiger partial charge in [-0.25, -0.2) is 0 Å². The summed E-state index contributed by atoms with van der Waals surface area (Å²) in [6.07, 6.45) is 1.99. The molecule has 1 aromatic rings. The van der Waals surface area contributed by atoms with Crippen LogP contribution in [-0.4, -0.2) is 40.7 Å². The van der Waals surface area contributed by atoms with Gasteiger partial charge in [0.05, 0.1) is 6.04 Å². The van der Waals surface area contributed by atoms with E-state index in [1.807, 2.05) is 0 Å². The van der Waals surface area contributed by atoms with Crippen LogP contribution in [0.15, 0.2) is 24.3 Å². The van der Waals surface area contributed by atoms with Gasteiger partial charge in [0.2, 0.25) is 17.5 Å². The van der Waals surface area contributed by atoms with E-state index in [2.05, 4.69) is 24.5 Å². The first-order valence-corrected chi connectivity index (χ1v) is 9.32. The summed E-state index contributed by atoms with van der Waals surface area (Å²) in [5, 5.41) is 5.91. The first-order chi connectivity index (χ1) is 11.5. The fourth-order valence-electron chi connectivity index (χ4n) is 3.15. The lowest BCUT2D eigenvalue weighted by molar-refractivity contribution is -0.122. The molecule has 1 unspecified atom stereocenters. The number of ketones is 2. The lowest BCUT2D eigenvalue weighted by Gasteiger charge is -2.20. The van der Waals surface area contributed by atoms with Gasteiger partial charge in [-0.3, -0.25) is 19.7 Å². The Labute approximate surface area is 146 Å².